The lowest BCUT2D eigenvalue weighted by atomic mass is 10.0. The third-order valence-corrected chi connectivity index (χ3v) is 12.8. The highest BCUT2D eigenvalue weighted by Crippen LogP contribution is 2.29. The van der Waals surface area contributed by atoms with E-state index in [-0.39, 0.29) is 48.8 Å². The molecule has 0 bridgehead atoms. The molecule has 0 saturated carbocycles. The number of methoxy groups -OCH3 is 3. The lowest BCUT2D eigenvalue weighted by Gasteiger charge is -2.22. The number of ether oxygens (including phenoxy) is 10. The van der Waals surface area contributed by atoms with Crippen LogP contribution in [0.1, 0.15) is 124 Å². The van der Waals surface area contributed by atoms with Crippen molar-refractivity contribution in [3.05, 3.63) is 216 Å². The van der Waals surface area contributed by atoms with Crippen molar-refractivity contribution < 1.29 is 106 Å². The SMILES string of the molecule is C/C=C/CO.C/C=C/COC(=O)/C=C/c1ccc(O)c(OC)c1.C=C(C)C(=O)OCCCCCCOc1ccc(C(=O)O)cc1.C=C(C)C(=O)OCCCCCCOc1ccc(C(=O)OC2=CC=C(/C=C/C(=O)OC/C=C/C)CC2OC)cc1.COc1cc(/C=C/C(=O)O)ccc1O. The van der Waals surface area contributed by atoms with Gasteiger partial charge in [0.05, 0.1) is 58.4 Å². The highest BCUT2D eigenvalue weighted by Gasteiger charge is 2.23. The number of hydrogen-bond donors (Lipinski definition) is 5. The zero-order chi connectivity index (χ0) is 72.9. The molecule has 0 radical (unpaired) electrons. The molecule has 5 rings (SSSR count). The average Bonchev–Trinajstić information content (AvgIpc) is 0.859. The van der Waals surface area contributed by atoms with E-state index in [1.807, 2.05) is 26.8 Å². The van der Waals surface area contributed by atoms with Crippen LogP contribution in [-0.2, 0) is 52.4 Å². The molecule has 0 aliphatic heterocycles. The Bertz CT molecular complexity index is 3360. The summed E-state index contributed by atoms with van der Waals surface area (Å²) in [4.78, 5) is 79.1. The molecule has 98 heavy (non-hydrogen) atoms. The number of aromatic carboxylic acids is 1. The Balaban J connectivity index is 0.000000687. The van der Waals surface area contributed by atoms with E-state index in [0.717, 1.165) is 68.6 Å². The van der Waals surface area contributed by atoms with Crippen molar-refractivity contribution in [1.82, 2.24) is 0 Å². The van der Waals surface area contributed by atoms with E-state index < -0.39 is 36.0 Å². The number of aliphatic carboxylic acids is 1. The maximum atomic E-state index is 12.7. The Hall–Kier alpha value is -10.7. The molecular weight excluding hydrogens is 1260 g/mol. The summed E-state index contributed by atoms with van der Waals surface area (Å²) >= 11 is 0. The molecule has 4 aromatic rings. The number of carbonyl (C=O) groups is 7. The zero-order valence-corrected chi connectivity index (χ0v) is 57.1. The van der Waals surface area contributed by atoms with E-state index in [9.17, 15) is 43.8 Å². The fraction of sp³-hybridized carbons (Fsp3) is 0.329. The third kappa shape index (κ3) is 39.9. The molecule has 4 aromatic carbocycles. The lowest BCUT2D eigenvalue weighted by molar-refractivity contribution is -0.139. The fourth-order valence-electron chi connectivity index (χ4n) is 7.48. The molecule has 22 nitrogen and oxygen atoms in total. The highest BCUT2D eigenvalue weighted by molar-refractivity contribution is 5.91. The summed E-state index contributed by atoms with van der Waals surface area (Å²) < 4.78 is 52.2. The first-order valence-corrected chi connectivity index (χ1v) is 31.3. The summed E-state index contributed by atoms with van der Waals surface area (Å²) in [5.74, 6) is -1.51. The van der Waals surface area contributed by atoms with Crippen molar-refractivity contribution in [2.24, 2.45) is 0 Å². The highest BCUT2D eigenvalue weighted by atomic mass is 16.6. The molecule has 530 valence electrons. The second-order valence-corrected chi connectivity index (χ2v) is 20.7. The number of benzene rings is 4. The maximum Gasteiger partial charge on any atom is 0.343 e. The number of allylic oxidation sites excluding steroid dienone is 6. The number of hydrogen-bond acceptors (Lipinski definition) is 20. The minimum atomic E-state index is -1.02. The predicted molar refractivity (Wildman–Crippen MR) is 374 cm³/mol. The molecule has 0 spiro atoms. The Morgan fingerprint density at radius 3 is 1.34 bits per heavy atom. The molecule has 5 N–H and O–H groups in total. The zero-order valence-electron chi connectivity index (χ0n) is 57.1. The average molecular weight is 1360 g/mol. The summed E-state index contributed by atoms with van der Waals surface area (Å²) in [5, 5.41) is 43.8. The van der Waals surface area contributed by atoms with Gasteiger partial charge in [0.2, 0.25) is 0 Å². The van der Waals surface area contributed by atoms with E-state index in [1.165, 1.54) is 63.8 Å². The minimum Gasteiger partial charge on any atom is -0.504 e. The van der Waals surface area contributed by atoms with Crippen molar-refractivity contribution >= 4 is 53.9 Å². The van der Waals surface area contributed by atoms with Gasteiger partial charge in [-0.2, -0.15) is 0 Å². The van der Waals surface area contributed by atoms with Gasteiger partial charge in [-0.3, -0.25) is 0 Å². The Labute approximate surface area is 574 Å². The Morgan fingerprint density at radius 2 is 0.949 bits per heavy atom. The molecule has 0 aromatic heterocycles. The van der Waals surface area contributed by atoms with Gasteiger partial charge < -0.3 is 72.9 Å². The van der Waals surface area contributed by atoms with Crippen LogP contribution in [0.15, 0.2) is 193 Å². The number of aromatic hydroxyl groups is 2. The van der Waals surface area contributed by atoms with E-state index in [0.29, 0.717) is 83.9 Å². The number of carbonyl (C=O) groups excluding carboxylic acids is 5. The topological polar surface area (TPSA) is 313 Å². The van der Waals surface area contributed by atoms with Crippen molar-refractivity contribution in [3.8, 4) is 34.5 Å². The molecule has 1 atom stereocenters. The molecule has 1 aliphatic carbocycles. The van der Waals surface area contributed by atoms with Crippen LogP contribution in [0.5, 0.6) is 34.5 Å². The van der Waals surface area contributed by atoms with Crippen LogP contribution in [0, 0.1) is 0 Å². The van der Waals surface area contributed by atoms with Gasteiger partial charge in [-0.15, -0.1) is 0 Å². The van der Waals surface area contributed by atoms with Gasteiger partial charge in [0, 0.05) is 42.9 Å². The van der Waals surface area contributed by atoms with Crippen LogP contribution in [-0.4, -0.2) is 141 Å². The first-order chi connectivity index (χ1) is 47.0. The number of carboxylic acids is 2. The number of phenolic OH excluding ortho intramolecular Hbond substituents is 2. The third-order valence-electron chi connectivity index (χ3n) is 12.8. The lowest BCUT2D eigenvalue weighted by Crippen LogP contribution is -2.21. The molecule has 0 fully saturated rings. The molecule has 22 heteroatoms. The number of rotatable bonds is 35. The number of aliphatic hydroxyl groups excluding tert-OH is 1. The van der Waals surface area contributed by atoms with Gasteiger partial charge in [-0.05, 0) is 194 Å². The van der Waals surface area contributed by atoms with E-state index in [1.54, 1.807) is 129 Å². The summed E-state index contributed by atoms with van der Waals surface area (Å²) in [6.45, 7) is 18.5. The molecule has 0 amide bonds. The Morgan fingerprint density at radius 1 is 0.520 bits per heavy atom. The quantitative estimate of drug-likeness (QED) is 0.00939. The minimum absolute atomic E-state index is 0.0278. The van der Waals surface area contributed by atoms with Crippen LogP contribution in [0.4, 0.5) is 0 Å². The van der Waals surface area contributed by atoms with Gasteiger partial charge in [-0.25, -0.2) is 33.6 Å². The van der Waals surface area contributed by atoms with Crippen LogP contribution >= 0.6 is 0 Å². The van der Waals surface area contributed by atoms with E-state index >= 15 is 0 Å². The maximum absolute atomic E-state index is 12.7. The fourth-order valence-corrected chi connectivity index (χ4v) is 7.48. The van der Waals surface area contributed by atoms with Crippen molar-refractivity contribution in [3.63, 3.8) is 0 Å². The van der Waals surface area contributed by atoms with Crippen LogP contribution in [0.2, 0.25) is 0 Å². The normalized spacial score (nSPS) is 12.2. The number of unbranched alkanes of at least 4 members (excludes halogenated alkanes) is 6. The van der Waals surface area contributed by atoms with Gasteiger partial charge >= 0.3 is 41.8 Å². The summed E-state index contributed by atoms with van der Waals surface area (Å²) in [6, 6.07) is 22.5. The van der Waals surface area contributed by atoms with Crippen molar-refractivity contribution in [1.29, 1.82) is 0 Å². The van der Waals surface area contributed by atoms with Gasteiger partial charge in [-0.1, -0.05) is 73.9 Å². The molecule has 0 heterocycles. The second-order valence-electron chi connectivity index (χ2n) is 20.7. The molecule has 0 saturated heterocycles. The largest absolute Gasteiger partial charge is 0.504 e. The van der Waals surface area contributed by atoms with Crippen molar-refractivity contribution in [2.45, 2.75) is 98.5 Å². The first kappa shape index (κ1) is 85.3. The Kier molecular flexibility index (Phi) is 45.7. The molecular formula is C76H94O22. The van der Waals surface area contributed by atoms with Gasteiger partial charge in [0.25, 0.3) is 0 Å². The summed E-state index contributed by atoms with van der Waals surface area (Å²) in [5.41, 5.74) is 3.71. The van der Waals surface area contributed by atoms with E-state index in [2.05, 4.69) is 13.2 Å². The summed E-state index contributed by atoms with van der Waals surface area (Å²) in [6.07, 6.45) is 29.6. The van der Waals surface area contributed by atoms with Crippen LogP contribution in [0.3, 0.4) is 0 Å². The van der Waals surface area contributed by atoms with E-state index in [4.69, 9.17) is 62.7 Å². The van der Waals surface area contributed by atoms with Crippen LogP contribution in [0.25, 0.3) is 12.2 Å². The second kappa shape index (κ2) is 52.6. The number of aliphatic hydroxyl groups is 1. The standard InChI is InChI=1S/C31H38O8.C17H22O5.C14H16O4.C10H10O4.C4H8O/c1-5-6-19-37-29(32)18-12-24-11-17-27(28(22-24)35-4)39-31(34)25-13-15-26(16-14-25)36-20-9-7-8-10-21-38-30(33)23(2)3;1-13(2)17(20)22-12-6-4-3-5-11-21-15-9-7-14(8-10-15)16(18)19;1-3-4-9-18-14(16)8-6-11-5-7-12(15)13(10-11)17-2;1-14-9-6-7(2-4-8(9)11)3-5-10(12)13;1-2-3-4-5/h5-6,11-18,28H,2,7-10,19-22H2,1,3-4H3;7-10H,1,3-6,11-12H2,2H3,(H,18,19);3-8,10,15H,9H2,1-2H3;2-6,11H,1H3,(H,12,13);2-3,5H,4H2,1H3/b6-5+,18-12+;;4-3+,8-6+;5-3+;3-2+. The summed E-state index contributed by atoms with van der Waals surface area (Å²) in [7, 11) is 4.43. The number of phenols is 2. The smallest absolute Gasteiger partial charge is 0.343 e. The monoisotopic (exact) mass is 1360 g/mol. The predicted octanol–water partition coefficient (Wildman–Crippen LogP) is 13.8. The number of esters is 5. The number of carboxylic acid groups (broad SMARTS) is 2. The van der Waals surface area contributed by atoms with Gasteiger partial charge in [0.1, 0.15) is 36.6 Å². The molecule has 1 aliphatic rings. The van der Waals surface area contributed by atoms with Crippen LogP contribution < -0.4 is 18.9 Å². The molecule has 1 unspecified atom stereocenters. The first-order valence-electron chi connectivity index (χ1n) is 31.3. The van der Waals surface area contributed by atoms with Gasteiger partial charge in [0.15, 0.2) is 23.0 Å². The van der Waals surface area contributed by atoms with Crippen molar-refractivity contribution in [2.75, 3.05) is 67.6 Å².